The minimum absolute atomic E-state index is 0.111. The molecule has 1 amide bonds. The molecule has 7 heteroatoms. The number of para-hydroxylation sites is 1. The molecule has 3 rings (SSSR count). The summed E-state index contributed by atoms with van der Waals surface area (Å²) in [6.45, 7) is 1.58. The predicted octanol–water partition coefficient (Wildman–Crippen LogP) is 3.34. The number of sulfonamides is 1. The molecule has 3 aromatic rings. The molecule has 0 unspecified atom stereocenters. The Labute approximate surface area is 170 Å². The lowest BCUT2D eigenvalue weighted by Gasteiger charge is -2.23. The van der Waals surface area contributed by atoms with E-state index in [1.165, 1.54) is 18.3 Å². The molecule has 1 N–H and O–H groups in total. The van der Waals surface area contributed by atoms with Crippen molar-refractivity contribution in [2.45, 2.75) is 11.8 Å². The minimum Gasteiger partial charge on any atom is -0.271 e. The number of hydrazone groups is 1. The van der Waals surface area contributed by atoms with Crippen LogP contribution < -0.4 is 9.73 Å². The van der Waals surface area contributed by atoms with E-state index in [2.05, 4.69) is 10.5 Å². The molecule has 0 aromatic heterocycles. The van der Waals surface area contributed by atoms with Gasteiger partial charge in [0.05, 0.1) is 16.8 Å². The topological polar surface area (TPSA) is 78.8 Å². The number of aryl methyl sites for hydroxylation is 1. The highest BCUT2D eigenvalue weighted by Gasteiger charge is 2.26. The van der Waals surface area contributed by atoms with Crippen LogP contribution in [0.1, 0.15) is 11.1 Å². The fourth-order valence-corrected chi connectivity index (χ4v) is 4.07. The van der Waals surface area contributed by atoms with Gasteiger partial charge in [0.15, 0.2) is 0 Å². The summed E-state index contributed by atoms with van der Waals surface area (Å²) in [6, 6.07) is 24.1. The summed E-state index contributed by atoms with van der Waals surface area (Å²) in [5.74, 6) is -0.545. The molecule has 3 aromatic carbocycles. The third kappa shape index (κ3) is 5.30. The van der Waals surface area contributed by atoms with Gasteiger partial charge in [0.25, 0.3) is 15.9 Å². The van der Waals surface area contributed by atoms with E-state index < -0.39 is 22.5 Å². The number of nitrogens with zero attached hydrogens (tertiary/aromatic N) is 2. The van der Waals surface area contributed by atoms with Crippen LogP contribution in [-0.4, -0.2) is 27.1 Å². The number of amides is 1. The Morgan fingerprint density at radius 1 is 0.931 bits per heavy atom. The second kappa shape index (κ2) is 9.16. The third-order valence-corrected chi connectivity index (χ3v) is 5.93. The maximum Gasteiger partial charge on any atom is 0.264 e. The zero-order valence-corrected chi connectivity index (χ0v) is 16.7. The van der Waals surface area contributed by atoms with Gasteiger partial charge in [-0.3, -0.25) is 9.10 Å². The molecule has 0 aliphatic rings. The minimum atomic E-state index is -3.91. The van der Waals surface area contributed by atoms with Crippen molar-refractivity contribution in [2.24, 2.45) is 5.10 Å². The summed E-state index contributed by atoms with van der Waals surface area (Å²) in [6.07, 6.45) is 1.51. The Morgan fingerprint density at radius 3 is 2.14 bits per heavy atom. The smallest absolute Gasteiger partial charge is 0.264 e. The van der Waals surface area contributed by atoms with E-state index in [4.69, 9.17) is 0 Å². The quantitative estimate of drug-likeness (QED) is 0.482. The van der Waals surface area contributed by atoms with Gasteiger partial charge in [-0.1, -0.05) is 66.2 Å². The van der Waals surface area contributed by atoms with Gasteiger partial charge in [-0.15, -0.1) is 0 Å². The molecule has 0 fully saturated rings. The van der Waals surface area contributed by atoms with E-state index in [1.807, 2.05) is 31.2 Å². The molecule has 29 heavy (non-hydrogen) atoms. The first-order valence-electron chi connectivity index (χ1n) is 8.98. The van der Waals surface area contributed by atoms with Gasteiger partial charge < -0.3 is 0 Å². The van der Waals surface area contributed by atoms with Crippen LogP contribution in [0.2, 0.25) is 0 Å². The standard InChI is InChI=1S/C22H21N3O3S/c1-18-12-14-19(15-13-18)16-23-24-22(26)17-25(20-8-4-2-5-9-20)29(27,28)21-10-6-3-7-11-21/h2-16H,17H2,1H3,(H,24,26)/b23-16-. The SMILES string of the molecule is Cc1ccc(/C=N\NC(=O)CN(c2ccccc2)S(=O)(=O)c2ccccc2)cc1. The molecule has 0 radical (unpaired) electrons. The summed E-state index contributed by atoms with van der Waals surface area (Å²) >= 11 is 0. The summed E-state index contributed by atoms with van der Waals surface area (Å²) in [5, 5.41) is 3.93. The summed E-state index contributed by atoms with van der Waals surface area (Å²) in [7, 11) is -3.91. The molecule has 148 valence electrons. The number of carbonyl (C=O) groups excluding carboxylic acids is 1. The molecule has 6 nitrogen and oxygen atoms in total. The molecule has 0 saturated heterocycles. The van der Waals surface area contributed by atoms with E-state index in [-0.39, 0.29) is 4.90 Å². The first-order chi connectivity index (χ1) is 14.0. The van der Waals surface area contributed by atoms with Crippen molar-refractivity contribution in [2.75, 3.05) is 10.8 Å². The predicted molar refractivity (Wildman–Crippen MR) is 114 cm³/mol. The normalized spacial score (nSPS) is 11.3. The molecule has 0 aliphatic heterocycles. The van der Waals surface area contributed by atoms with Crippen molar-refractivity contribution < 1.29 is 13.2 Å². The van der Waals surface area contributed by atoms with Crippen LogP contribution in [0, 0.1) is 6.92 Å². The molecule has 0 heterocycles. The average Bonchev–Trinajstić information content (AvgIpc) is 2.74. The van der Waals surface area contributed by atoms with Crippen LogP contribution >= 0.6 is 0 Å². The number of hydrogen-bond acceptors (Lipinski definition) is 4. The van der Waals surface area contributed by atoms with Gasteiger partial charge >= 0.3 is 0 Å². The lowest BCUT2D eigenvalue weighted by molar-refractivity contribution is -0.119. The van der Waals surface area contributed by atoms with Crippen molar-refractivity contribution in [3.8, 4) is 0 Å². The first-order valence-corrected chi connectivity index (χ1v) is 10.4. The van der Waals surface area contributed by atoms with Crippen molar-refractivity contribution >= 4 is 27.8 Å². The second-order valence-electron chi connectivity index (χ2n) is 6.36. The molecule has 0 bridgehead atoms. The molecule has 0 saturated carbocycles. The van der Waals surface area contributed by atoms with Gasteiger partial charge in [0.2, 0.25) is 0 Å². The fraction of sp³-hybridized carbons (Fsp3) is 0.0909. The number of anilines is 1. The van der Waals surface area contributed by atoms with Crippen LogP contribution in [-0.2, 0) is 14.8 Å². The average molecular weight is 407 g/mol. The maximum atomic E-state index is 13.1. The Morgan fingerprint density at radius 2 is 1.52 bits per heavy atom. The molecule has 0 aliphatic carbocycles. The summed E-state index contributed by atoms with van der Waals surface area (Å²) in [4.78, 5) is 12.5. The van der Waals surface area contributed by atoms with Crippen LogP contribution in [0.25, 0.3) is 0 Å². The largest absolute Gasteiger partial charge is 0.271 e. The van der Waals surface area contributed by atoms with Crippen molar-refractivity contribution in [3.63, 3.8) is 0 Å². The first kappa shape index (κ1) is 20.3. The lowest BCUT2D eigenvalue weighted by atomic mass is 10.2. The number of hydrogen-bond donors (Lipinski definition) is 1. The van der Waals surface area contributed by atoms with Gasteiger partial charge in [-0.2, -0.15) is 5.10 Å². The highest BCUT2D eigenvalue weighted by Crippen LogP contribution is 2.23. The van der Waals surface area contributed by atoms with Crippen LogP contribution in [0.15, 0.2) is 94.9 Å². The van der Waals surface area contributed by atoms with Crippen LogP contribution in [0.4, 0.5) is 5.69 Å². The number of rotatable bonds is 7. The zero-order chi connectivity index (χ0) is 20.7. The van der Waals surface area contributed by atoms with Crippen molar-refractivity contribution in [1.82, 2.24) is 5.43 Å². The Bertz CT molecular complexity index is 1080. The van der Waals surface area contributed by atoms with E-state index in [0.29, 0.717) is 5.69 Å². The number of benzene rings is 3. The fourth-order valence-electron chi connectivity index (χ4n) is 2.63. The molecular formula is C22H21N3O3S. The van der Waals surface area contributed by atoms with E-state index in [1.54, 1.807) is 48.5 Å². The highest BCUT2D eigenvalue weighted by molar-refractivity contribution is 7.92. The van der Waals surface area contributed by atoms with Crippen molar-refractivity contribution in [1.29, 1.82) is 0 Å². The number of nitrogens with one attached hydrogen (secondary N) is 1. The van der Waals surface area contributed by atoms with Gasteiger partial charge in [0, 0.05) is 0 Å². The zero-order valence-electron chi connectivity index (χ0n) is 15.9. The molecule has 0 spiro atoms. The monoisotopic (exact) mass is 407 g/mol. The van der Waals surface area contributed by atoms with Crippen LogP contribution in [0.5, 0.6) is 0 Å². The lowest BCUT2D eigenvalue weighted by Crippen LogP contribution is -2.39. The van der Waals surface area contributed by atoms with Crippen LogP contribution in [0.3, 0.4) is 0 Å². The third-order valence-electron chi connectivity index (χ3n) is 4.14. The van der Waals surface area contributed by atoms with Crippen molar-refractivity contribution in [3.05, 3.63) is 96.1 Å². The number of carbonyl (C=O) groups is 1. The molecular weight excluding hydrogens is 386 g/mol. The maximum absolute atomic E-state index is 13.1. The van der Waals surface area contributed by atoms with Gasteiger partial charge in [-0.25, -0.2) is 13.8 Å². The summed E-state index contributed by atoms with van der Waals surface area (Å²) < 4.78 is 27.3. The van der Waals surface area contributed by atoms with E-state index in [9.17, 15) is 13.2 Å². The molecule has 0 atom stereocenters. The van der Waals surface area contributed by atoms with E-state index in [0.717, 1.165) is 15.4 Å². The highest BCUT2D eigenvalue weighted by atomic mass is 32.2. The van der Waals surface area contributed by atoms with Gasteiger partial charge in [0.1, 0.15) is 6.54 Å². The Kier molecular flexibility index (Phi) is 6.41. The second-order valence-corrected chi connectivity index (χ2v) is 8.23. The van der Waals surface area contributed by atoms with E-state index >= 15 is 0 Å². The Balaban J connectivity index is 1.78. The van der Waals surface area contributed by atoms with Gasteiger partial charge in [-0.05, 0) is 36.8 Å². The summed E-state index contributed by atoms with van der Waals surface area (Å²) in [5.41, 5.74) is 4.74. The Hall–Kier alpha value is -3.45.